The lowest BCUT2D eigenvalue weighted by Gasteiger charge is -2.26. The lowest BCUT2D eigenvalue weighted by atomic mass is 9.80. The van der Waals surface area contributed by atoms with Crippen molar-refractivity contribution in [2.45, 2.75) is 90.1 Å². The number of nitrogens with one attached hydrogen (secondary N) is 1. The minimum Gasteiger partial charge on any atom is -0.309 e. The van der Waals surface area contributed by atoms with Gasteiger partial charge >= 0.3 is 0 Å². The summed E-state index contributed by atoms with van der Waals surface area (Å²) in [5.74, 6) is 2.22. The smallest absolute Gasteiger partial charge is 0.0962 e. The third-order valence-electron chi connectivity index (χ3n) is 5.13. The molecule has 3 heteroatoms. The quantitative estimate of drug-likeness (QED) is 0.781. The van der Waals surface area contributed by atoms with Crippen molar-refractivity contribution < 1.29 is 0 Å². The van der Waals surface area contributed by atoms with Crippen molar-refractivity contribution in [3.63, 3.8) is 0 Å². The molecule has 0 bridgehead atoms. The molecule has 1 aromatic heterocycles. The fourth-order valence-electron chi connectivity index (χ4n) is 3.55. The van der Waals surface area contributed by atoms with Gasteiger partial charge in [-0.05, 0) is 37.5 Å². The zero-order valence-electron chi connectivity index (χ0n) is 13.8. The van der Waals surface area contributed by atoms with Crippen molar-refractivity contribution >= 4 is 11.3 Å². The Hall–Kier alpha value is -0.410. The van der Waals surface area contributed by atoms with Crippen molar-refractivity contribution in [1.82, 2.24) is 10.3 Å². The van der Waals surface area contributed by atoms with Crippen LogP contribution in [-0.4, -0.2) is 11.0 Å². The van der Waals surface area contributed by atoms with Crippen LogP contribution in [0.2, 0.25) is 0 Å². The molecule has 0 saturated heterocycles. The molecule has 2 nitrogen and oxygen atoms in total. The van der Waals surface area contributed by atoms with Gasteiger partial charge in [0.25, 0.3) is 0 Å². The van der Waals surface area contributed by atoms with Gasteiger partial charge in [-0.3, -0.25) is 0 Å². The second kappa shape index (κ2) is 6.78. The van der Waals surface area contributed by atoms with Crippen molar-refractivity contribution in [1.29, 1.82) is 0 Å². The van der Waals surface area contributed by atoms with Crippen molar-refractivity contribution in [2.24, 2.45) is 5.92 Å². The third kappa shape index (κ3) is 3.87. The minimum atomic E-state index is 0.552. The molecular formula is C18H30N2S. The predicted molar refractivity (Wildman–Crippen MR) is 91.1 cm³/mol. The Bertz CT molecular complexity index is 462. The highest BCUT2D eigenvalue weighted by molar-refractivity contribution is 7.11. The van der Waals surface area contributed by atoms with E-state index in [1.807, 2.05) is 11.3 Å². The molecule has 0 amide bonds. The number of rotatable bonds is 6. The zero-order chi connectivity index (χ0) is 14.8. The van der Waals surface area contributed by atoms with E-state index in [1.54, 1.807) is 0 Å². The maximum Gasteiger partial charge on any atom is 0.0962 e. The Labute approximate surface area is 133 Å². The Morgan fingerprint density at radius 1 is 1.24 bits per heavy atom. The van der Waals surface area contributed by atoms with Gasteiger partial charge in [-0.25, -0.2) is 4.98 Å². The first kappa shape index (κ1) is 15.5. The van der Waals surface area contributed by atoms with Gasteiger partial charge in [-0.2, -0.15) is 0 Å². The van der Waals surface area contributed by atoms with Gasteiger partial charge in [0, 0.05) is 23.4 Å². The Balaban J connectivity index is 1.73. The first-order chi connectivity index (χ1) is 10.2. The van der Waals surface area contributed by atoms with Crippen LogP contribution in [-0.2, 0) is 6.54 Å². The van der Waals surface area contributed by atoms with Crippen molar-refractivity contribution in [2.75, 3.05) is 0 Å². The number of thiazole rings is 1. The maximum atomic E-state index is 5.08. The van der Waals surface area contributed by atoms with E-state index in [9.17, 15) is 0 Å². The summed E-state index contributed by atoms with van der Waals surface area (Å²) in [6.45, 7) is 7.96. The van der Waals surface area contributed by atoms with E-state index in [0.717, 1.165) is 24.4 Å². The summed E-state index contributed by atoms with van der Waals surface area (Å²) >= 11 is 2.00. The second-order valence-electron chi connectivity index (χ2n) is 7.31. The van der Waals surface area contributed by atoms with Crippen LogP contribution < -0.4 is 5.32 Å². The molecule has 0 spiro atoms. The summed E-state index contributed by atoms with van der Waals surface area (Å²) < 4.78 is 0. The molecule has 0 aliphatic heterocycles. The van der Waals surface area contributed by atoms with Crippen LogP contribution in [0.25, 0.3) is 0 Å². The minimum absolute atomic E-state index is 0.552. The van der Waals surface area contributed by atoms with Gasteiger partial charge < -0.3 is 5.32 Å². The Morgan fingerprint density at radius 2 is 2.05 bits per heavy atom. The first-order valence-electron chi connectivity index (χ1n) is 8.90. The molecule has 118 valence electrons. The molecule has 1 N–H and O–H groups in total. The molecular weight excluding hydrogens is 276 g/mol. The molecule has 2 fully saturated rings. The van der Waals surface area contributed by atoms with Crippen LogP contribution in [0.3, 0.4) is 0 Å². The van der Waals surface area contributed by atoms with E-state index in [2.05, 4.69) is 26.1 Å². The number of hydrogen-bond donors (Lipinski definition) is 1. The predicted octanol–water partition coefficient (Wildman–Crippen LogP) is 5.20. The normalized spacial score (nSPS) is 26.5. The summed E-state index contributed by atoms with van der Waals surface area (Å²) in [5.41, 5.74) is 1.36. The highest BCUT2D eigenvalue weighted by atomic mass is 32.1. The summed E-state index contributed by atoms with van der Waals surface area (Å²) in [4.78, 5) is 6.58. The SMILES string of the molecule is CCC1CCCC(c2nc(C(C)C)c(CNC3CC3)s2)C1. The highest BCUT2D eigenvalue weighted by Gasteiger charge is 2.27. The molecule has 2 unspecified atom stereocenters. The summed E-state index contributed by atoms with van der Waals surface area (Å²) in [6.07, 6.45) is 9.64. The number of nitrogens with zero attached hydrogens (tertiary/aromatic N) is 1. The van der Waals surface area contributed by atoms with Crippen LogP contribution in [0.15, 0.2) is 0 Å². The Kier molecular flexibility index (Phi) is 5.00. The molecule has 0 radical (unpaired) electrons. The molecule has 21 heavy (non-hydrogen) atoms. The van der Waals surface area contributed by atoms with Crippen LogP contribution in [0.1, 0.15) is 93.1 Å². The topological polar surface area (TPSA) is 24.9 Å². The monoisotopic (exact) mass is 306 g/mol. The standard InChI is InChI=1S/C18H30N2S/c1-4-13-6-5-7-14(10-13)18-20-17(12(2)3)16(21-18)11-19-15-8-9-15/h12-15,19H,4-11H2,1-3H3. The van der Waals surface area contributed by atoms with Crippen molar-refractivity contribution in [3.05, 3.63) is 15.6 Å². The van der Waals surface area contributed by atoms with Gasteiger partial charge in [0.15, 0.2) is 0 Å². The fraction of sp³-hybridized carbons (Fsp3) is 0.833. The van der Waals surface area contributed by atoms with E-state index in [-0.39, 0.29) is 0 Å². The molecule has 2 atom stereocenters. The van der Waals surface area contributed by atoms with E-state index in [1.165, 1.54) is 60.5 Å². The average Bonchev–Trinajstić information content (AvgIpc) is 3.22. The second-order valence-corrected chi connectivity index (χ2v) is 8.42. The van der Waals surface area contributed by atoms with Crippen LogP contribution >= 0.6 is 11.3 Å². The van der Waals surface area contributed by atoms with Gasteiger partial charge in [0.2, 0.25) is 0 Å². The zero-order valence-corrected chi connectivity index (χ0v) is 14.6. The molecule has 2 aliphatic carbocycles. The first-order valence-corrected chi connectivity index (χ1v) is 9.71. The molecule has 0 aromatic carbocycles. The number of hydrogen-bond acceptors (Lipinski definition) is 3. The number of aromatic nitrogens is 1. The van der Waals surface area contributed by atoms with E-state index in [0.29, 0.717) is 5.92 Å². The van der Waals surface area contributed by atoms with E-state index in [4.69, 9.17) is 4.98 Å². The van der Waals surface area contributed by atoms with Crippen LogP contribution in [0, 0.1) is 5.92 Å². The van der Waals surface area contributed by atoms with Crippen LogP contribution in [0.5, 0.6) is 0 Å². The third-order valence-corrected chi connectivity index (χ3v) is 6.36. The lowest BCUT2D eigenvalue weighted by Crippen LogP contribution is -2.15. The van der Waals surface area contributed by atoms with Crippen LogP contribution in [0.4, 0.5) is 0 Å². The maximum absolute atomic E-state index is 5.08. The van der Waals surface area contributed by atoms with Gasteiger partial charge in [0.05, 0.1) is 10.7 Å². The fourth-order valence-corrected chi connectivity index (χ4v) is 4.86. The summed E-state index contributed by atoms with van der Waals surface area (Å²) in [6, 6.07) is 0.787. The van der Waals surface area contributed by atoms with E-state index >= 15 is 0 Å². The lowest BCUT2D eigenvalue weighted by molar-refractivity contribution is 0.314. The molecule has 1 aromatic rings. The van der Waals surface area contributed by atoms with E-state index < -0.39 is 0 Å². The highest BCUT2D eigenvalue weighted by Crippen LogP contribution is 2.40. The summed E-state index contributed by atoms with van der Waals surface area (Å²) in [5, 5.41) is 5.11. The molecule has 2 aliphatic rings. The van der Waals surface area contributed by atoms with Crippen molar-refractivity contribution in [3.8, 4) is 0 Å². The van der Waals surface area contributed by atoms with Gasteiger partial charge in [0.1, 0.15) is 0 Å². The average molecular weight is 307 g/mol. The molecule has 2 saturated carbocycles. The van der Waals surface area contributed by atoms with Gasteiger partial charge in [-0.1, -0.05) is 40.0 Å². The molecule has 3 rings (SSSR count). The summed E-state index contributed by atoms with van der Waals surface area (Å²) in [7, 11) is 0. The largest absolute Gasteiger partial charge is 0.309 e. The van der Waals surface area contributed by atoms with Gasteiger partial charge in [-0.15, -0.1) is 11.3 Å². The molecule has 1 heterocycles. The Morgan fingerprint density at radius 3 is 2.71 bits per heavy atom.